The molecule has 3 aromatic heterocycles. The molecule has 2 N–H and O–H groups in total. The van der Waals surface area contributed by atoms with E-state index in [1.807, 2.05) is 34.6 Å². The van der Waals surface area contributed by atoms with Crippen LogP contribution < -0.4 is 15.6 Å². The molecule has 0 amide bonds. The summed E-state index contributed by atoms with van der Waals surface area (Å²) in [5, 5.41) is 11.0. The van der Waals surface area contributed by atoms with Gasteiger partial charge < -0.3 is 15.5 Å². The molecule has 36 heavy (non-hydrogen) atoms. The zero-order valence-electron chi connectivity index (χ0n) is 21.0. The van der Waals surface area contributed by atoms with Gasteiger partial charge in [-0.05, 0) is 32.4 Å². The van der Waals surface area contributed by atoms with Gasteiger partial charge in [0.25, 0.3) is 5.56 Å². The van der Waals surface area contributed by atoms with E-state index in [4.69, 9.17) is 21.7 Å². The number of nitrogens with one attached hydrogen (secondary N) is 2. The standard InChI is InChI=1S/C26H28ClF2N5O2/c1-14-11-33-24(31-8-7-21(30)26(4,5)6)16(3)23(14)34-15(2)9-20(22(27)25(34)35)36-13-19-18(29)10-17(28)12-32-19/h7-12,30H,13H2,1-6H3,(H,31,33)/b8-7-,30-21?. The van der Waals surface area contributed by atoms with Gasteiger partial charge in [-0.25, -0.2) is 13.8 Å². The van der Waals surface area contributed by atoms with Crippen molar-refractivity contribution in [2.45, 2.75) is 48.1 Å². The summed E-state index contributed by atoms with van der Waals surface area (Å²) in [5.74, 6) is -1.07. The van der Waals surface area contributed by atoms with E-state index in [-0.39, 0.29) is 28.5 Å². The van der Waals surface area contributed by atoms with Crippen LogP contribution in [0.1, 0.15) is 43.3 Å². The van der Waals surface area contributed by atoms with E-state index in [9.17, 15) is 13.6 Å². The van der Waals surface area contributed by atoms with Gasteiger partial charge >= 0.3 is 0 Å². The molecule has 0 saturated heterocycles. The van der Waals surface area contributed by atoms with E-state index in [2.05, 4.69) is 15.3 Å². The normalized spacial score (nSPS) is 11.7. The van der Waals surface area contributed by atoms with Crippen molar-refractivity contribution in [3.63, 3.8) is 0 Å². The first-order chi connectivity index (χ1) is 16.8. The fourth-order valence-electron chi connectivity index (χ4n) is 3.43. The van der Waals surface area contributed by atoms with Gasteiger partial charge in [0.2, 0.25) is 0 Å². The van der Waals surface area contributed by atoms with E-state index >= 15 is 0 Å². The van der Waals surface area contributed by atoms with Crippen molar-refractivity contribution >= 4 is 23.1 Å². The highest BCUT2D eigenvalue weighted by atomic mass is 35.5. The first-order valence-electron chi connectivity index (χ1n) is 11.1. The first-order valence-corrected chi connectivity index (χ1v) is 11.5. The van der Waals surface area contributed by atoms with Crippen LogP contribution in [0.5, 0.6) is 5.75 Å². The van der Waals surface area contributed by atoms with Crippen LogP contribution in [0.2, 0.25) is 5.02 Å². The third kappa shape index (κ3) is 5.79. The topological polar surface area (TPSA) is 92.9 Å². The van der Waals surface area contributed by atoms with Gasteiger partial charge in [-0.1, -0.05) is 32.4 Å². The van der Waals surface area contributed by atoms with Crippen LogP contribution in [-0.4, -0.2) is 20.2 Å². The highest BCUT2D eigenvalue weighted by Gasteiger charge is 2.19. The molecule has 190 valence electrons. The summed E-state index contributed by atoms with van der Waals surface area (Å²) in [6.07, 6.45) is 5.83. The molecule has 3 rings (SSSR count). The number of rotatable bonds is 7. The molecule has 0 bridgehead atoms. The van der Waals surface area contributed by atoms with Gasteiger partial charge in [-0.2, -0.15) is 0 Å². The average molecular weight is 516 g/mol. The number of nitrogens with zero attached hydrogens (tertiary/aromatic N) is 3. The molecular formula is C26H28ClF2N5O2. The number of hydrogen-bond acceptors (Lipinski definition) is 6. The summed E-state index contributed by atoms with van der Waals surface area (Å²) in [5.41, 5.74) is 2.11. The third-order valence-electron chi connectivity index (χ3n) is 5.52. The summed E-state index contributed by atoms with van der Waals surface area (Å²) in [6, 6.07) is 2.28. The molecule has 3 heterocycles. The lowest BCUT2D eigenvalue weighted by Gasteiger charge is -2.19. The Hall–Kier alpha value is -3.59. The zero-order chi connectivity index (χ0) is 26.8. The molecule has 10 heteroatoms. The first kappa shape index (κ1) is 27.0. The van der Waals surface area contributed by atoms with E-state index < -0.39 is 17.2 Å². The fourth-order valence-corrected chi connectivity index (χ4v) is 3.62. The second kappa shape index (κ2) is 10.6. The molecule has 0 saturated carbocycles. The van der Waals surface area contributed by atoms with Crippen molar-refractivity contribution in [1.82, 2.24) is 14.5 Å². The van der Waals surface area contributed by atoms with Gasteiger partial charge in [0.05, 0.1) is 11.9 Å². The maximum Gasteiger partial charge on any atom is 0.277 e. The van der Waals surface area contributed by atoms with Gasteiger partial charge in [0.15, 0.2) is 5.82 Å². The molecule has 0 aromatic carbocycles. The van der Waals surface area contributed by atoms with Crippen molar-refractivity contribution in [3.05, 3.63) is 86.3 Å². The molecule has 0 spiro atoms. The predicted molar refractivity (Wildman–Crippen MR) is 137 cm³/mol. The molecular weight excluding hydrogens is 488 g/mol. The number of pyridine rings is 3. The summed E-state index contributed by atoms with van der Waals surface area (Å²) in [7, 11) is 0. The molecule has 0 aliphatic rings. The minimum atomic E-state index is -0.856. The fraction of sp³-hybridized carbons (Fsp3) is 0.308. The van der Waals surface area contributed by atoms with Crippen LogP contribution in [0.4, 0.5) is 14.6 Å². The van der Waals surface area contributed by atoms with Crippen molar-refractivity contribution in [3.8, 4) is 11.4 Å². The smallest absolute Gasteiger partial charge is 0.277 e. The van der Waals surface area contributed by atoms with E-state index in [1.165, 1.54) is 4.57 Å². The predicted octanol–water partition coefficient (Wildman–Crippen LogP) is 6.05. The van der Waals surface area contributed by atoms with Crippen LogP contribution in [0, 0.1) is 43.2 Å². The molecule has 0 radical (unpaired) electrons. The Bertz CT molecular complexity index is 1410. The minimum absolute atomic E-state index is 0.0623. The van der Waals surface area contributed by atoms with Crippen LogP contribution in [-0.2, 0) is 6.61 Å². The zero-order valence-corrected chi connectivity index (χ0v) is 21.7. The second-order valence-corrected chi connectivity index (χ2v) is 9.76. The second-order valence-electron chi connectivity index (χ2n) is 9.38. The number of halogens is 3. The van der Waals surface area contributed by atoms with Crippen LogP contribution in [0.15, 0.2) is 41.6 Å². The number of ether oxygens (including phenoxy) is 1. The van der Waals surface area contributed by atoms with Crippen LogP contribution in [0.25, 0.3) is 5.69 Å². The Morgan fingerprint density at radius 3 is 2.53 bits per heavy atom. The number of hydrogen-bond donors (Lipinski definition) is 2. The monoisotopic (exact) mass is 515 g/mol. The van der Waals surface area contributed by atoms with Gasteiger partial charge in [-0.15, -0.1) is 0 Å². The highest BCUT2D eigenvalue weighted by molar-refractivity contribution is 6.31. The molecule has 0 atom stereocenters. The Morgan fingerprint density at radius 1 is 1.19 bits per heavy atom. The van der Waals surface area contributed by atoms with Crippen LogP contribution in [0.3, 0.4) is 0 Å². The largest absolute Gasteiger partial charge is 0.485 e. The van der Waals surface area contributed by atoms with Gasteiger partial charge in [0.1, 0.15) is 34.7 Å². The number of aromatic nitrogens is 3. The maximum atomic E-state index is 13.9. The lowest BCUT2D eigenvalue weighted by atomic mass is 9.90. The summed E-state index contributed by atoms with van der Waals surface area (Å²) >= 11 is 6.36. The third-order valence-corrected chi connectivity index (χ3v) is 5.87. The summed E-state index contributed by atoms with van der Waals surface area (Å²) in [6.45, 7) is 10.9. The van der Waals surface area contributed by atoms with E-state index in [0.29, 0.717) is 34.5 Å². The molecule has 0 aliphatic heterocycles. The van der Waals surface area contributed by atoms with E-state index in [0.717, 1.165) is 11.8 Å². The lowest BCUT2D eigenvalue weighted by molar-refractivity contribution is 0.292. The maximum absolute atomic E-state index is 13.9. The number of aryl methyl sites for hydroxylation is 2. The average Bonchev–Trinajstić information content (AvgIpc) is 2.79. The lowest BCUT2D eigenvalue weighted by Crippen LogP contribution is -2.24. The van der Waals surface area contributed by atoms with Gasteiger partial charge in [0, 0.05) is 46.9 Å². The van der Waals surface area contributed by atoms with Crippen molar-refractivity contribution < 1.29 is 13.5 Å². The Labute approximate surface area is 213 Å². The molecule has 3 aromatic rings. The summed E-state index contributed by atoms with van der Waals surface area (Å²) < 4.78 is 34.0. The molecule has 0 aliphatic carbocycles. The Kier molecular flexibility index (Phi) is 7.93. The number of anilines is 1. The Morgan fingerprint density at radius 2 is 1.89 bits per heavy atom. The van der Waals surface area contributed by atoms with Crippen molar-refractivity contribution in [1.29, 1.82) is 5.41 Å². The van der Waals surface area contributed by atoms with Gasteiger partial charge in [-0.3, -0.25) is 14.3 Å². The van der Waals surface area contributed by atoms with Crippen molar-refractivity contribution in [2.75, 3.05) is 5.32 Å². The minimum Gasteiger partial charge on any atom is -0.485 e. The SMILES string of the molecule is Cc1cnc(N/C=C\C(=N)C(C)(C)C)c(C)c1-n1c(C)cc(OCc2ncc(F)cc2F)c(Cl)c1=O. The molecule has 7 nitrogen and oxygen atoms in total. The molecule has 0 unspecified atom stereocenters. The summed E-state index contributed by atoms with van der Waals surface area (Å²) in [4.78, 5) is 21.4. The highest BCUT2D eigenvalue weighted by Crippen LogP contribution is 2.29. The van der Waals surface area contributed by atoms with E-state index in [1.54, 1.807) is 31.5 Å². The Balaban J connectivity index is 1.95. The van der Waals surface area contributed by atoms with Crippen molar-refractivity contribution in [2.24, 2.45) is 5.41 Å². The number of allylic oxidation sites excluding steroid dienone is 1. The quantitative estimate of drug-likeness (QED) is 0.373. The van der Waals surface area contributed by atoms with Crippen LogP contribution >= 0.6 is 11.6 Å². The molecule has 0 fully saturated rings.